The summed E-state index contributed by atoms with van der Waals surface area (Å²) in [4.78, 5) is 71.6. The summed E-state index contributed by atoms with van der Waals surface area (Å²) in [6.07, 6.45) is 31.1. The predicted molar refractivity (Wildman–Crippen MR) is 303 cm³/mol. The van der Waals surface area contributed by atoms with Crippen molar-refractivity contribution >= 4 is 39.5 Å². The van der Waals surface area contributed by atoms with Crippen LogP contribution in [-0.2, 0) is 65.4 Å². The number of unbranched alkanes of at least 4 members (excludes halogenated alkanes) is 26. The zero-order valence-electron chi connectivity index (χ0n) is 49.2. The van der Waals surface area contributed by atoms with Crippen LogP contribution in [-0.4, -0.2) is 96.7 Å². The number of carbonyl (C=O) groups is 4. The number of esters is 4. The molecule has 0 spiro atoms. The fourth-order valence-corrected chi connectivity index (χ4v) is 10.0. The number of carbonyl (C=O) groups excluding carboxylic acids is 4. The average Bonchev–Trinajstić information content (AvgIpc) is 3.39. The van der Waals surface area contributed by atoms with Crippen molar-refractivity contribution in [2.24, 2.45) is 11.8 Å². The van der Waals surface area contributed by atoms with Gasteiger partial charge in [0.15, 0.2) is 12.2 Å². The fraction of sp³-hybridized carbons (Fsp3) is 0.931. The van der Waals surface area contributed by atoms with Gasteiger partial charge in [-0.3, -0.25) is 37.3 Å². The van der Waals surface area contributed by atoms with Crippen LogP contribution in [0.5, 0.6) is 0 Å². The van der Waals surface area contributed by atoms with Crippen LogP contribution in [0, 0.1) is 11.8 Å². The molecule has 3 N–H and O–H groups in total. The predicted octanol–water partition coefficient (Wildman–Crippen LogP) is 15.3. The maximum atomic E-state index is 12.9. The van der Waals surface area contributed by atoms with Gasteiger partial charge in [-0.2, -0.15) is 0 Å². The van der Waals surface area contributed by atoms with E-state index in [1.165, 1.54) is 83.5 Å². The largest absolute Gasteiger partial charge is 0.472 e. The molecular formula is C58H112O17P2. The standard InChI is InChI=1S/C58H112O17P2/c1-7-10-12-14-15-16-19-22-30-36-42-57(62)74-53(46-68-55(60)40-34-26-13-11-8-2)48-72-76(64,65)70-44-52(59)45-71-77(66,67)73-49-54(47-69-56(61)41-35-29-25-24-28-33-39-51(6)9-3)75-58(63)43-37-31-23-20-17-18-21-27-32-38-50(4)5/h50-54,59H,7-49H2,1-6H3,(H,64,65)(H,66,67)/t51?,52-,53+,54+/m0/s1. The molecule has 0 bridgehead atoms. The second-order valence-corrected chi connectivity index (χ2v) is 24.7. The molecule has 0 aliphatic heterocycles. The highest BCUT2D eigenvalue weighted by atomic mass is 31.2. The second kappa shape index (κ2) is 51.0. The molecule has 456 valence electrons. The summed E-state index contributed by atoms with van der Waals surface area (Å²) in [5.41, 5.74) is 0. The van der Waals surface area contributed by atoms with Gasteiger partial charge in [0.25, 0.3) is 0 Å². The van der Waals surface area contributed by atoms with Crippen molar-refractivity contribution in [1.82, 2.24) is 0 Å². The van der Waals surface area contributed by atoms with E-state index in [1.54, 1.807) is 0 Å². The number of hydrogen-bond acceptors (Lipinski definition) is 15. The van der Waals surface area contributed by atoms with E-state index in [0.717, 1.165) is 115 Å². The molecule has 0 rings (SSSR count). The third kappa shape index (κ3) is 51.9. The number of rotatable bonds is 57. The Morgan fingerprint density at radius 1 is 0.377 bits per heavy atom. The van der Waals surface area contributed by atoms with Crippen LogP contribution in [0.4, 0.5) is 0 Å². The lowest BCUT2D eigenvalue weighted by molar-refractivity contribution is -0.161. The Morgan fingerprint density at radius 2 is 0.662 bits per heavy atom. The van der Waals surface area contributed by atoms with Crippen LogP contribution in [0.3, 0.4) is 0 Å². The number of hydrogen-bond donors (Lipinski definition) is 3. The molecule has 0 fully saturated rings. The molecule has 0 heterocycles. The van der Waals surface area contributed by atoms with E-state index in [0.29, 0.717) is 25.7 Å². The lowest BCUT2D eigenvalue weighted by atomic mass is 10.00. The Bertz CT molecular complexity index is 1530. The molecule has 0 aromatic rings. The summed E-state index contributed by atoms with van der Waals surface area (Å²) in [6.45, 7) is 9.28. The lowest BCUT2D eigenvalue weighted by Gasteiger charge is -2.21. The van der Waals surface area contributed by atoms with E-state index < -0.39 is 97.5 Å². The Labute approximate surface area is 467 Å². The quantitative estimate of drug-likeness (QED) is 0.0222. The highest BCUT2D eigenvalue weighted by molar-refractivity contribution is 7.47. The first kappa shape index (κ1) is 75.1. The van der Waals surface area contributed by atoms with Crippen LogP contribution >= 0.6 is 15.6 Å². The minimum atomic E-state index is -4.94. The first-order valence-corrected chi connectivity index (χ1v) is 33.5. The van der Waals surface area contributed by atoms with Gasteiger partial charge >= 0.3 is 39.5 Å². The van der Waals surface area contributed by atoms with E-state index in [2.05, 4.69) is 41.5 Å². The normalized spacial score (nSPS) is 14.8. The number of aliphatic hydroxyl groups excluding tert-OH is 1. The minimum absolute atomic E-state index is 0.104. The minimum Gasteiger partial charge on any atom is -0.462 e. The topological polar surface area (TPSA) is 237 Å². The monoisotopic (exact) mass is 1140 g/mol. The van der Waals surface area contributed by atoms with Crippen molar-refractivity contribution in [2.45, 2.75) is 297 Å². The SMILES string of the molecule is CCCCCCCCCCCCC(=O)O[C@H](COC(=O)CCCCCCC)COP(=O)(O)OC[C@H](O)COP(=O)(O)OC[C@@H](COC(=O)CCCCCCCCC(C)CC)OC(=O)CCCCCCCCCCCC(C)C. The molecule has 17 nitrogen and oxygen atoms in total. The number of phosphoric ester groups is 2. The molecule has 77 heavy (non-hydrogen) atoms. The van der Waals surface area contributed by atoms with Crippen molar-refractivity contribution < 1.29 is 80.2 Å². The van der Waals surface area contributed by atoms with Crippen LogP contribution in [0.2, 0.25) is 0 Å². The van der Waals surface area contributed by atoms with Gasteiger partial charge in [-0.25, -0.2) is 9.13 Å². The van der Waals surface area contributed by atoms with Crippen molar-refractivity contribution in [2.75, 3.05) is 39.6 Å². The zero-order chi connectivity index (χ0) is 57.3. The maximum absolute atomic E-state index is 12.9. The van der Waals surface area contributed by atoms with Gasteiger partial charge < -0.3 is 33.8 Å². The number of aliphatic hydroxyl groups is 1. The Hall–Kier alpha value is -1.94. The molecule has 19 heteroatoms. The molecule has 3 unspecified atom stereocenters. The first-order valence-electron chi connectivity index (χ1n) is 30.5. The van der Waals surface area contributed by atoms with Crippen molar-refractivity contribution in [3.05, 3.63) is 0 Å². The number of phosphoric acid groups is 2. The van der Waals surface area contributed by atoms with E-state index >= 15 is 0 Å². The Kier molecular flexibility index (Phi) is 49.7. The molecule has 6 atom stereocenters. The Balaban J connectivity index is 5.20. The summed E-state index contributed by atoms with van der Waals surface area (Å²) in [6, 6.07) is 0. The van der Waals surface area contributed by atoms with Gasteiger partial charge in [0.1, 0.15) is 19.3 Å². The molecule has 0 saturated heterocycles. The van der Waals surface area contributed by atoms with Gasteiger partial charge in [0.2, 0.25) is 0 Å². The van der Waals surface area contributed by atoms with Crippen LogP contribution in [0.25, 0.3) is 0 Å². The number of ether oxygens (including phenoxy) is 4. The van der Waals surface area contributed by atoms with Gasteiger partial charge in [-0.1, -0.05) is 228 Å². The van der Waals surface area contributed by atoms with Crippen LogP contribution in [0.15, 0.2) is 0 Å². The van der Waals surface area contributed by atoms with E-state index in [1.807, 2.05) is 0 Å². The summed E-state index contributed by atoms with van der Waals surface area (Å²) in [7, 11) is -9.87. The smallest absolute Gasteiger partial charge is 0.462 e. The van der Waals surface area contributed by atoms with Gasteiger partial charge in [0.05, 0.1) is 26.4 Å². The highest BCUT2D eigenvalue weighted by Gasteiger charge is 2.30. The van der Waals surface area contributed by atoms with Crippen molar-refractivity contribution in [3.8, 4) is 0 Å². The molecule has 0 aromatic heterocycles. The van der Waals surface area contributed by atoms with E-state index in [-0.39, 0.29) is 25.7 Å². The fourth-order valence-electron chi connectivity index (χ4n) is 8.44. The van der Waals surface area contributed by atoms with Crippen molar-refractivity contribution in [3.63, 3.8) is 0 Å². The summed E-state index contributed by atoms with van der Waals surface area (Å²) in [5, 5.41) is 10.5. The molecule has 0 aliphatic carbocycles. The molecule has 0 amide bonds. The summed E-state index contributed by atoms with van der Waals surface area (Å²) >= 11 is 0. The van der Waals surface area contributed by atoms with E-state index in [9.17, 15) is 43.2 Å². The molecule has 0 aliphatic rings. The van der Waals surface area contributed by atoms with E-state index in [4.69, 9.17) is 37.0 Å². The van der Waals surface area contributed by atoms with Crippen molar-refractivity contribution in [1.29, 1.82) is 0 Å². The summed E-state index contributed by atoms with van der Waals surface area (Å²) < 4.78 is 67.5. The first-order chi connectivity index (χ1) is 36.9. The van der Waals surface area contributed by atoms with Gasteiger partial charge in [-0.05, 0) is 37.5 Å². The summed E-state index contributed by atoms with van der Waals surface area (Å²) in [5.74, 6) is -0.688. The molecular weight excluding hydrogens is 1030 g/mol. The third-order valence-electron chi connectivity index (χ3n) is 13.6. The lowest BCUT2D eigenvalue weighted by Crippen LogP contribution is -2.30. The van der Waals surface area contributed by atoms with Crippen LogP contribution in [0.1, 0.15) is 279 Å². The van der Waals surface area contributed by atoms with Gasteiger partial charge in [0, 0.05) is 25.7 Å². The molecule has 0 aromatic carbocycles. The Morgan fingerprint density at radius 3 is 0.987 bits per heavy atom. The molecule has 0 saturated carbocycles. The highest BCUT2D eigenvalue weighted by Crippen LogP contribution is 2.45. The maximum Gasteiger partial charge on any atom is 0.472 e. The van der Waals surface area contributed by atoms with Gasteiger partial charge in [-0.15, -0.1) is 0 Å². The second-order valence-electron chi connectivity index (χ2n) is 21.7. The third-order valence-corrected chi connectivity index (χ3v) is 15.5. The zero-order valence-corrected chi connectivity index (χ0v) is 51.0. The molecule has 0 radical (unpaired) electrons. The van der Waals surface area contributed by atoms with Crippen LogP contribution < -0.4 is 0 Å². The average molecular weight is 1140 g/mol.